The maximum atomic E-state index is 12.7. The number of aromatic nitrogens is 2. The summed E-state index contributed by atoms with van der Waals surface area (Å²) >= 11 is 5.94. The molecule has 0 aliphatic carbocycles. The lowest BCUT2D eigenvalue weighted by Gasteiger charge is -2.25. The second kappa shape index (κ2) is 6.05. The van der Waals surface area contributed by atoms with Crippen molar-refractivity contribution in [3.05, 3.63) is 41.0 Å². The van der Waals surface area contributed by atoms with Gasteiger partial charge in [-0.1, -0.05) is 23.7 Å². The van der Waals surface area contributed by atoms with Crippen LogP contribution in [0.2, 0.25) is 5.02 Å². The maximum Gasteiger partial charge on any atom is 0.248 e. The second-order valence-corrected chi connectivity index (χ2v) is 7.22. The van der Waals surface area contributed by atoms with Gasteiger partial charge >= 0.3 is 0 Å². The molecule has 0 atom stereocenters. The molecule has 0 aliphatic rings. The van der Waals surface area contributed by atoms with E-state index >= 15 is 0 Å². The topological polar surface area (TPSA) is 92.1 Å². The number of aromatic amines is 1. The Kier molecular flexibility index (Phi) is 4.55. The van der Waals surface area contributed by atoms with Gasteiger partial charge in [-0.3, -0.25) is 5.10 Å². The van der Waals surface area contributed by atoms with E-state index in [-0.39, 0.29) is 23.3 Å². The minimum Gasteiger partial charge on any atom is -0.383 e. The number of nitrogens with two attached hydrogens (primary N) is 1. The van der Waals surface area contributed by atoms with E-state index in [1.165, 1.54) is 10.5 Å². The Bertz CT molecular complexity index is 727. The van der Waals surface area contributed by atoms with Gasteiger partial charge in [-0.25, -0.2) is 8.42 Å². The molecule has 6 nitrogen and oxygen atoms in total. The smallest absolute Gasteiger partial charge is 0.248 e. The average Bonchev–Trinajstić information content (AvgIpc) is 2.82. The molecule has 2 rings (SSSR count). The van der Waals surface area contributed by atoms with Crippen LogP contribution in [0.4, 0.5) is 5.82 Å². The zero-order valence-electron chi connectivity index (χ0n) is 11.7. The molecular weight excluding hydrogens is 312 g/mol. The predicted molar refractivity (Wildman–Crippen MR) is 82.3 cm³/mol. The fourth-order valence-corrected chi connectivity index (χ4v) is 3.83. The number of anilines is 1. The normalized spacial score (nSPS) is 12.2. The van der Waals surface area contributed by atoms with Gasteiger partial charge in [0.2, 0.25) is 10.0 Å². The number of rotatable bonds is 5. The monoisotopic (exact) mass is 328 g/mol. The van der Waals surface area contributed by atoms with Crippen molar-refractivity contribution >= 4 is 27.4 Å². The van der Waals surface area contributed by atoms with Crippen molar-refractivity contribution in [1.29, 1.82) is 0 Å². The summed E-state index contributed by atoms with van der Waals surface area (Å²) in [6.07, 6.45) is 1.22. The number of nitrogens with zero attached hydrogens (tertiary/aromatic N) is 2. The maximum absolute atomic E-state index is 12.7. The van der Waals surface area contributed by atoms with E-state index in [0.717, 1.165) is 5.56 Å². The third-order valence-electron chi connectivity index (χ3n) is 3.02. The van der Waals surface area contributed by atoms with Crippen LogP contribution in [0.3, 0.4) is 0 Å². The Labute approximate surface area is 129 Å². The van der Waals surface area contributed by atoms with Crippen LogP contribution in [0.15, 0.2) is 35.4 Å². The van der Waals surface area contributed by atoms with Crippen molar-refractivity contribution in [3.63, 3.8) is 0 Å². The summed E-state index contributed by atoms with van der Waals surface area (Å²) in [5.74, 6) is 0.0340. The summed E-state index contributed by atoms with van der Waals surface area (Å²) < 4.78 is 26.8. The van der Waals surface area contributed by atoms with E-state index in [0.29, 0.717) is 5.02 Å². The number of benzene rings is 1. The molecule has 1 heterocycles. The lowest BCUT2D eigenvalue weighted by Crippen LogP contribution is -2.36. The molecular formula is C13H17ClN4O2S. The molecule has 21 heavy (non-hydrogen) atoms. The minimum atomic E-state index is -3.73. The zero-order chi connectivity index (χ0) is 15.6. The Morgan fingerprint density at radius 1 is 1.43 bits per heavy atom. The number of sulfonamides is 1. The van der Waals surface area contributed by atoms with Gasteiger partial charge in [0.15, 0.2) is 0 Å². The molecule has 0 amide bonds. The van der Waals surface area contributed by atoms with Gasteiger partial charge in [0.25, 0.3) is 0 Å². The van der Waals surface area contributed by atoms with Crippen LogP contribution in [-0.2, 0) is 16.6 Å². The van der Waals surface area contributed by atoms with Crippen molar-refractivity contribution in [3.8, 4) is 0 Å². The number of nitrogen functional groups attached to an aromatic ring is 1. The van der Waals surface area contributed by atoms with Gasteiger partial charge in [-0.05, 0) is 31.5 Å². The van der Waals surface area contributed by atoms with Gasteiger partial charge in [0.05, 0.1) is 6.20 Å². The Hall–Kier alpha value is -1.57. The van der Waals surface area contributed by atoms with Crippen LogP contribution in [-0.4, -0.2) is 29.0 Å². The first-order valence-electron chi connectivity index (χ1n) is 6.37. The molecule has 0 aliphatic heterocycles. The summed E-state index contributed by atoms with van der Waals surface area (Å²) in [6, 6.07) is 6.87. The molecule has 114 valence electrons. The summed E-state index contributed by atoms with van der Waals surface area (Å²) in [4.78, 5) is -0.0155. The molecule has 1 aromatic carbocycles. The minimum absolute atomic E-state index is 0.0155. The predicted octanol–water partition coefficient (Wildman–Crippen LogP) is 2.24. The van der Waals surface area contributed by atoms with E-state index in [2.05, 4.69) is 10.2 Å². The highest BCUT2D eigenvalue weighted by Gasteiger charge is 2.30. The lowest BCUT2D eigenvalue weighted by atomic mass is 10.2. The van der Waals surface area contributed by atoms with E-state index in [4.69, 9.17) is 17.3 Å². The first-order valence-corrected chi connectivity index (χ1v) is 8.19. The number of halogens is 1. The van der Waals surface area contributed by atoms with Crippen LogP contribution < -0.4 is 5.73 Å². The Morgan fingerprint density at radius 3 is 2.67 bits per heavy atom. The number of hydrogen-bond donors (Lipinski definition) is 2. The van der Waals surface area contributed by atoms with Gasteiger partial charge in [-0.2, -0.15) is 9.40 Å². The zero-order valence-corrected chi connectivity index (χ0v) is 13.3. The van der Waals surface area contributed by atoms with Crippen molar-refractivity contribution in [1.82, 2.24) is 14.5 Å². The Balaban J connectivity index is 2.38. The largest absolute Gasteiger partial charge is 0.383 e. The van der Waals surface area contributed by atoms with Crippen LogP contribution in [0, 0.1) is 0 Å². The Morgan fingerprint density at radius 2 is 2.14 bits per heavy atom. The van der Waals surface area contributed by atoms with Crippen molar-refractivity contribution in [2.24, 2.45) is 0 Å². The van der Waals surface area contributed by atoms with Gasteiger partial charge < -0.3 is 5.73 Å². The van der Waals surface area contributed by atoms with Crippen molar-refractivity contribution < 1.29 is 8.42 Å². The van der Waals surface area contributed by atoms with Crippen molar-refractivity contribution in [2.75, 3.05) is 5.73 Å². The molecule has 0 saturated heterocycles. The average molecular weight is 329 g/mol. The molecule has 8 heteroatoms. The molecule has 0 spiro atoms. The summed E-state index contributed by atoms with van der Waals surface area (Å²) in [5.41, 5.74) is 6.44. The van der Waals surface area contributed by atoms with Gasteiger partial charge in [0.1, 0.15) is 10.7 Å². The first kappa shape index (κ1) is 15.8. The highest BCUT2D eigenvalue weighted by molar-refractivity contribution is 7.89. The van der Waals surface area contributed by atoms with Gasteiger partial charge in [-0.15, -0.1) is 0 Å². The summed E-state index contributed by atoms with van der Waals surface area (Å²) in [5, 5.41) is 6.68. The third-order valence-corrected chi connectivity index (χ3v) is 5.31. The van der Waals surface area contributed by atoms with Crippen LogP contribution in [0.25, 0.3) is 0 Å². The lowest BCUT2D eigenvalue weighted by molar-refractivity contribution is 0.348. The molecule has 3 N–H and O–H groups in total. The third kappa shape index (κ3) is 3.37. The SMILES string of the molecule is CC(C)N(Cc1cccc(Cl)c1)S(=O)(=O)c1cn[nH]c1N. The van der Waals surface area contributed by atoms with E-state index in [9.17, 15) is 8.42 Å². The van der Waals surface area contributed by atoms with E-state index < -0.39 is 10.0 Å². The molecule has 0 bridgehead atoms. The summed E-state index contributed by atoms with van der Waals surface area (Å²) in [7, 11) is -3.73. The second-order valence-electron chi connectivity index (χ2n) is 4.92. The number of hydrogen-bond acceptors (Lipinski definition) is 4. The molecule has 0 radical (unpaired) electrons. The van der Waals surface area contributed by atoms with Gasteiger partial charge in [0, 0.05) is 17.6 Å². The number of H-pyrrole nitrogens is 1. The highest BCUT2D eigenvalue weighted by Crippen LogP contribution is 2.24. The fourth-order valence-electron chi connectivity index (χ4n) is 1.98. The molecule has 1 aromatic heterocycles. The molecule has 0 unspecified atom stereocenters. The van der Waals surface area contributed by atoms with Crippen LogP contribution in [0.5, 0.6) is 0 Å². The van der Waals surface area contributed by atoms with E-state index in [1.54, 1.807) is 32.0 Å². The number of nitrogens with one attached hydrogen (secondary N) is 1. The standard InChI is InChI=1S/C13H17ClN4O2S/c1-9(2)18(8-10-4-3-5-11(14)6-10)21(19,20)12-7-16-17-13(12)15/h3-7,9H,8H2,1-2H3,(H3,15,16,17). The fraction of sp³-hybridized carbons (Fsp3) is 0.308. The molecule has 0 saturated carbocycles. The first-order chi connectivity index (χ1) is 9.82. The van der Waals surface area contributed by atoms with Crippen LogP contribution >= 0.6 is 11.6 Å². The quantitative estimate of drug-likeness (QED) is 0.880. The highest BCUT2D eigenvalue weighted by atomic mass is 35.5. The molecule has 2 aromatic rings. The van der Waals surface area contributed by atoms with Crippen LogP contribution in [0.1, 0.15) is 19.4 Å². The molecule has 0 fully saturated rings. The summed E-state index contributed by atoms with van der Waals surface area (Å²) in [6.45, 7) is 3.82. The van der Waals surface area contributed by atoms with Crippen molar-refractivity contribution in [2.45, 2.75) is 31.3 Å². The van der Waals surface area contributed by atoms with E-state index in [1.807, 2.05) is 6.07 Å².